The maximum Gasteiger partial charge on any atom is 0.416 e. The van der Waals surface area contributed by atoms with Crippen LogP contribution in [0, 0.1) is 0 Å². The average molecular weight is 269 g/mol. The van der Waals surface area contributed by atoms with Crippen LogP contribution in [-0.4, -0.2) is 9.55 Å². The second-order valence-corrected chi connectivity index (χ2v) is 4.40. The van der Waals surface area contributed by atoms with E-state index >= 15 is 0 Å². The Labute approximate surface area is 108 Å². The Morgan fingerprint density at radius 1 is 1.26 bits per heavy atom. The van der Waals surface area contributed by atoms with Gasteiger partial charge in [0, 0.05) is 19.4 Å². The lowest BCUT2D eigenvalue weighted by molar-refractivity contribution is -0.137. The Balaban J connectivity index is 2.10. The molecular weight excluding hydrogens is 255 g/mol. The van der Waals surface area contributed by atoms with E-state index in [0.717, 1.165) is 17.7 Å². The van der Waals surface area contributed by atoms with Gasteiger partial charge < -0.3 is 10.3 Å². The number of benzene rings is 1. The first-order valence-corrected chi connectivity index (χ1v) is 5.77. The smallest absolute Gasteiger partial charge is 0.337 e. The molecule has 2 N–H and O–H groups in total. The Kier molecular flexibility index (Phi) is 3.61. The lowest BCUT2D eigenvalue weighted by atomic mass is 10.0. The van der Waals surface area contributed by atoms with Crippen molar-refractivity contribution in [2.24, 2.45) is 12.8 Å². The molecule has 1 aromatic carbocycles. The zero-order valence-electron chi connectivity index (χ0n) is 10.4. The molecule has 0 aliphatic carbocycles. The first-order valence-electron chi connectivity index (χ1n) is 5.77. The van der Waals surface area contributed by atoms with Crippen LogP contribution < -0.4 is 5.73 Å². The highest BCUT2D eigenvalue weighted by atomic mass is 19.4. The molecule has 0 aliphatic rings. The van der Waals surface area contributed by atoms with Crippen LogP contribution in [-0.2, 0) is 19.6 Å². The van der Waals surface area contributed by atoms with Crippen LogP contribution in [0.3, 0.4) is 0 Å². The van der Waals surface area contributed by atoms with E-state index < -0.39 is 11.7 Å². The van der Waals surface area contributed by atoms with Gasteiger partial charge in [0.05, 0.1) is 11.6 Å². The average Bonchev–Trinajstić information content (AvgIpc) is 2.75. The molecule has 6 heteroatoms. The normalized spacial score (nSPS) is 13.5. The van der Waals surface area contributed by atoms with E-state index in [1.54, 1.807) is 17.0 Å². The van der Waals surface area contributed by atoms with E-state index in [-0.39, 0.29) is 6.04 Å². The second-order valence-electron chi connectivity index (χ2n) is 4.40. The number of nitrogens with zero attached hydrogens (tertiary/aromatic N) is 2. The number of hydrogen-bond acceptors (Lipinski definition) is 2. The molecule has 1 heterocycles. The summed E-state index contributed by atoms with van der Waals surface area (Å²) in [5.41, 5.74) is 6.09. The predicted octanol–water partition coefficient (Wildman–Crippen LogP) is 2.68. The summed E-state index contributed by atoms with van der Waals surface area (Å²) in [4.78, 5) is 4.13. The van der Waals surface area contributed by atoms with Crippen LogP contribution >= 0.6 is 0 Å². The predicted molar refractivity (Wildman–Crippen MR) is 65.3 cm³/mol. The maximum absolute atomic E-state index is 12.4. The number of aromatic nitrogens is 2. The molecule has 102 valence electrons. The van der Waals surface area contributed by atoms with Gasteiger partial charge in [-0.25, -0.2) is 4.98 Å². The van der Waals surface area contributed by atoms with E-state index in [4.69, 9.17) is 5.73 Å². The highest BCUT2D eigenvalue weighted by Crippen LogP contribution is 2.29. The molecule has 1 aromatic heterocycles. The molecule has 3 nitrogen and oxygen atoms in total. The van der Waals surface area contributed by atoms with Gasteiger partial charge in [-0.15, -0.1) is 0 Å². The Morgan fingerprint density at radius 3 is 2.37 bits per heavy atom. The van der Waals surface area contributed by atoms with Crippen LogP contribution in [0.25, 0.3) is 0 Å². The van der Waals surface area contributed by atoms with E-state index in [1.165, 1.54) is 12.1 Å². The van der Waals surface area contributed by atoms with Gasteiger partial charge in [-0.1, -0.05) is 12.1 Å². The van der Waals surface area contributed by atoms with Crippen LogP contribution in [0.5, 0.6) is 0 Å². The quantitative estimate of drug-likeness (QED) is 0.931. The summed E-state index contributed by atoms with van der Waals surface area (Å²) in [6.45, 7) is 0. The standard InChI is InChI=1S/C13H14F3N3/c1-19-7-6-18-12(19)11(17)8-9-2-4-10(5-3-9)13(14,15)16/h2-7,11H,8,17H2,1H3. The topological polar surface area (TPSA) is 43.8 Å². The second kappa shape index (κ2) is 5.05. The number of hydrogen-bond donors (Lipinski definition) is 1. The van der Waals surface area contributed by atoms with E-state index in [1.807, 2.05) is 7.05 Å². The highest BCUT2D eigenvalue weighted by molar-refractivity contribution is 5.25. The van der Waals surface area contributed by atoms with Gasteiger partial charge in [-0.2, -0.15) is 13.2 Å². The van der Waals surface area contributed by atoms with Crippen molar-refractivity contribution in [3.63, 3.8) is 0 Å². The third-order valence-corrected chi connectivity index (χ3v) is 2.93. The van der Waals surface area contributed by atoms with Gasteiger partial charge in [0.15, 0.2) is 0 Å². The Hall–Kier alpha value is -1.82. The number of rotatable bonds is 3. The zero-order valence-corrected chi connectivity index (χ0v) is 10.4. The molecule has 0 bridgehead atoms. The molecule has 2 aromatic rings. The van der Waals surface area contributed by atoms with Gasteiger partial charge in [0.2, 0.25) is 0 Å². The molecule has 1 atom stereocenters. The molecule has 19 heavy (non-hydrogen) atoms. The summed E-state index contributed by atoms with van der Waals surface area (Å²) in [7, 11) is 1.83. The van der Waals surface area contributed by atoms with Gasteiger partial charge in [0.1, 0.15) is 5.82 Å². The molecule has 0 fully saturated rings. The van der Waals surface area contributed by atoms with Crippen molar-refractivity contribution >= 4 is 0 Å². The first kappa shape index (κ1) is 13.6. The summed E-state index contributed by atoms with van der Waals surface area (Å²) >= 11 is 0. The molecule has 0 saturated heterocycles. The van der Waals surface area contributed by atoms with Gasteiger partial charge in [0.25, 0.3) is 0 Å². The third kappa shape index (κ3) is 3.14. The number of halogens is 3. The van der Waals surface area contributed by atoms with E-state index in [2.05, 4.69) is 4.98 Å². The zero-order chi connectivity index (χ0) is 14.0. The fraction of sp³-hybridized carbons (Fsp3) is 0.308. The van der Waals surface area contributed by atoms with E-state index in [9.17, 15) is 13.2 Å². The fourth-order valence-electron chi connectivity index (χ4n) is 1.91. The number of aryl methyl sites for hydroxylation is 1. The molecule has 0 amide bonds. The number of alkyl halides is 3. The molecule has 0 aliphatic heterocycles. The van der Waals surface area contributed by atoms with E-state index in [0.29, 0.717) is 12.2 Å². The van der Waals surface area contributed by atoms with Gasteiger partial charge in [-0.3, -0.25) is 0 Å². The summed E-state index contributed by atoms with van der Waals surface area (Å²) in [5, 5.41) is 0. The summed E-state index contributed by atoms with van der Waals surface area (Å²) < 4.78 is 39.1. The summed E-state index contributed by atoms with van der Waals surface area (Å²) in [6, 6.07) is 4.70. The Bertz CT molecular complexity index is 543. The van der Waals surface area contributed by atoms with Crippen molar-refractivity contribution < 1.29 is 13.2 Å². The van der Waals surface area contributed by atoms with Gasteiger partial charge in [-0.05, 0) is 24.1 Å². The van der Waals surface area contributed by atoms with Crippen molar-refractivity contribution in [1.29, 1.82) is 0 Å². The number of nitrogens with two attached hydrogens (primary N) is 1. The summed E-state index contributed by atoms with van der Waals surface area (Å²) in [6.07, 6.45) is -0.437. The largest absolute Gasteiger partial charge is 0.416 e. The van der Waals surface area contributed by atoms with Gasteiger partial charge >= 0.3 is 6.18 Å². The minimum Gasteiger partial charge on any atom is -0.337 e. The van der Waals surface area contributed by atoms with Crippen LogP contribution in [0.2, 0.25) is 0 Å². The van der Waals surface area contributed by atoms with Crippen LogP contribution in [0.1, 0.15) is 23.0 Å². The minimum absolute atomic E-state index is 0.336. The SMILES string of the molecule is Cn1ccnc1C(N)Cc1ccc(C(F)(F)F)cc1. The van der Waals surface area contributed by atoms with Crippen molar-refractivity contribution in [1.82, 2.24) is 9.55 Å². The summed E-state index contributed by atoms with van der Waals surface area (Å²) in [5.74, 6) is 0.708. The van der Waals surface area contributed by atoms with Crippen molar-refractivity contribution in [2.75, 3.05) is 0 Å². The molecule has 2 rings (SSSR count). The minimum atomic E-state index is -4.31. The third-order valence-electron chi connectivity index (χ3n) is 2.93. The lowest BCUT2D eigenvalue weighted by Crippen LogP contribution is -2.17. The Morgan fingerprint density at radius 2 is 1.89 bits per heavy atom. The van der Waals surface area contributed by atoms with Crippen molar-refractivity contribution in [3.8, 4) is 0 Å². The van der Waals surface area contributed by atoms with Crippen molar-refractivity contribution in [3.05, 3.63) is 53.6 Å². The number of imidazole rings is 1. The van der Waals surface area contributed by atoms with Crippen molar-refractivity contribution in [2.45, 2.75) is 18.6 Å². The molecule has 0 saturated carbocycles. The van der Waals surface area contributed by atoms with Crippen LogP contribution in [0.4, 0.5) is 13.2 Å². The maximum atomic E-state index is 12.4. The monoisotopic (exact) mass is 269 g/mol. The molecule has 0 radical (unpaired) electrons. The van der Waals surface area contributed by atoms with Crippen LogP contribution in [0.15, 0.2) is 36.7 Å². The molecule has 0 spiro atoms. The molecule has 1 unspecified atom stereocenters. The fourth-order valence-corrected chi connectivity index (χ4v) is 1.91. The lowest BCUT2D eigenvalue weighted by Gasteiger charge is -2.12. The molecular formula is C13H14F3N3. The highest BCUT2D eigenvalue weighted by Gasteiger charge is 2.30. The first-order chi connectivity index (χ1) is 8.88.